The highest BCUT2D eigenvalue weighted by Crippen LogP contribution is 2.20. The van der Waals surface area contributed by atoms with Crippen LogP contribution >= 0.6 is 15.9 Å². The number of aryl methyl sites for hydroxylation is 1. The second kappa shape index (κ2) is 5.40. The van der Waals surface area contributed by atoms with Gasteiger partial charge in [0.2, 0.25) is 0 Å². The summed E-state index contributed by atoms with van der Waals surface area (Å²) in [6, 6.07) is 4.31. The summed E-state index contributed by atoms with van der Waals surface area (Å²) in [6.07, 6.45) is 1.58. The predicted octanol–water partition coefficient (Wildman–Crippen LogP) is 2.64. The number of rotatable bonds is 3. The smallest absolute Gasteiger partial charge is 0.278 e. The molecule has 1 aromatic carbocycles. The number of nitrogen functional groups attached to an aromatic ring is 1. The Hall–Kier alpha value is -1.89. The lowest BCUT2D eigenvalue weighted by atomic mass is 10.3. The van der Waals surface area contributed by atoms with E-state index in [1.165, 1.54) is 12.1 Å². The summed E-state index contributed by atoms with van der Waals surface area (Å²) < 4.78 is 15.2. The van der Waals surface area contributed by atoms with Gasteiger partial charge in [-0.05, 0) is 41.1 Å². The van der Waals surface area contributed by atoms with Gasteiger partial charge in [-0.25, -0.2) is 4.39 Å². The maximum absolute atomic E-state index is 13.3. The molecule has 0 unspecified atom stereocenters. The standard InChI is InChI=1S/C12H12BrFN4O/c1-2-18-6-10(15)11(17-18)12(19)16-7-3-4-8(13)9(14)5-7/h3-6H,2,15H2,1H3,(H,16,19). The number of nitrogens with one attached hydrogen (secondary N) is 1. The van der Waals surface area contributed by atoms with E-state index in [0.717, 1.165) is 0 Å². The molecule has 0 bridgehead atoms. The highest BCUT2D eigenvalue weighted by atomic mass is 79.9. The zero-order valence-electron chi connectivity index (χ0n) is 10.2. The number of hydrogen-bond acceptors (Lipinski definition) is 3. The molecular formula is C12H12BrFN4O. The second-order valence-corrected chi connectivity index (χ2v) is 4.73. The minimum atomic E-state index is -0.466. The van der Waals surface area contributed by atoms with Crippen LogP contribution in [0.4, 0.5) is 15.8 Å². The molecule has 1 aromatic heterocycles. The van der Waals surface area contributed by atoms with Crippen molar-refractivity contribution >= 4 is 33.2 Å². The van der Waals surface area contributed by atoms with Gasteiger partial charge >= 0.3 is 0 Å². The molecule has 0 atom stereocenters. The van der Waals surface area contributed by atoms with Crippen molar-refractivity contribution in [2.75, 3.05) is 11.1 Å². The molecule has 2 aromatic rings. The van der Waals surface area contributed by atoms with Gasteiger partial charge in [0.05, 0.1) is 10.2 Å². The lowest BCUT2D eigenvalue weighted by Crippen LogP contribution is -2.14. The molecule has 0 spiro atoms. The van der Waals surface area contributed by atoms with E-state index in [9.17, 15) is 9.18 Å². The van der Waals surface area contributed by atoms with E-state index >= 15 is 0 Å². The van der Waals surface area contributed by atoms with E-state index in [4.69, 9.17) is 5.73 Å². The van der Waals surface area contributed by atoms with Gasteiger partial charge in [-0.3, -0.25) is 9.48 Å². The van der Waals surface area contributed by atoms with E-state index in [0.29, 0.717) is 16.7 Å². The molecule has 0 saturated heterocycles. The van der Waals surface area contributed by atoms with Crippen LogP contribution in [-0.2, 0) is 6.54 Å². The van der Waals surface area contributed by atoms with Crippen LogP contribution in [0.25, 0.3) is 0 Å². The summed E-state index contributed by atoms with van der Waals surface area (Å²) in [7, 11) is 0. The van der Waals surface area contributed by atoms with E-state index in [1.807, 2.05) is 6.92 Å². The Morgan fingerprint density at radius 1 is 1.58 bits per heavy atom. The van der Waals surface area contributed by atoms with Crippen molar-refractivity contribution < 1.29 is 9.18 Å². The molecule has 19 heavy (non-hydrogen) atoms. The lowest BCUT2D eigenvalue weighted by molar-refractivity contribution is 0.102. The van der Waals surface area contributed by atoms with Gasteiger partial charge in [0.1, 0.15) is 5.82 Å². The van der Waals surface area contributed by atoms with Crippen LogP contribution in [0.3, 0.4) is 0 Å². The highest BCUT2D eigenvalue weighted by molar-refractivity contribution is 9.10. The minimum Gasteiger partial charge on any atom is -0.396 e. The average Bonchev–Trinajstić information content (AvgIpc) is 2.75. The number of anilines is 2. The number of carbonyl (C=O) groups is 1. The quantitative estimate of drug-likeness (QED) is 0.910. The first-order valence-electron chi connectivity index (χ1n) is 5.60. The summed E-state index contributed by atoms with van der Waals surface area (Å²) in [5.41, 5.74) is 6.46. The van der Waals surface area contributed by atoms with Crippen LogP contribution in [-0.4, -0.2) is 15.7 Å². The first-order valence-corrected chi connectivity index (χ1v) is 6.40. The van der Waals surface area contributed by atoms with E-state index in [-0.39, 0.29) is 11.4 Å². The van der Waals surface area contributed by atoms with E-state index in [2.05, 4.69) is 26.3 Å². The fourth-order valence-corrected chi connectivity index (χ4v) is 1.79. The minimum absolute atomic E-state index is 0.130. The lowest BCUT2D eigenvalue weighted by Gasteiger charge is -2.04. The van der Waals surface area contributed by atoms with Crippen molar-refractivity contribution in [1.82, 2.24) is 9.78 Å². The summed E-state index contributed by atoms with van der Waals surface area (Å²) in [6.45, 7) is 2.50. The molecular weight excluding hydrogens is 315 g/mol. The van der Waals surface area contributed by atoms with E-state index in [1.54, 1.807) is 16.9 Å². The maximum atomic E-state index is 13.3. The highest BCUT2D eigenvalue weighted by Gasteiger charge is 2.15. The first-order chi connectivity index (χ1) is 9.01. The van der Waals surface area contributed by atoms with Gasteiger partial charge in [0, 0.05) is 18.4 Å². The molecule has 0 aliphatic heterocycles. The summed E-state index contributed by atoms with van der Waals surface area (Å²) in [4.78, 5) is 12.0. The van der Waals surface area contributed by atoms with Crippen LogP contribution < -0.4 is 11.1 Å². The Kier molecular flexibility index (Phi) is 3.84. The van der Waals surface area contributed by atoms with Crippen molar-refractivity contribution in [2.24, 2.45) is 0 Å². The molecule has 5 nitrogen and oxygen atoms in total. The number of amides is 1. The van der Waals surface area contributed by atoms with Crippen LogP contribution in [0.1, 0.15) is 17.4 Å². The largest absolute Gasteiger partial charge is 0.396 e. The Morgan fingerprint density at radius 2 is 2.32 bits per heavy atom. The van der Waals surface area contributed by atoms with Crippen LogP contribution in [0.5, 0.6) is 0 Å². The third kappa shape index (κ3) is 2.93. The number of nitrogens with zero attached hydrogens (tertiary/aromatic N) is 2. The van der Waals surface area contributed by atoms with E-state index < -0.39 is 11.7 Å². The number of benzene rings is 1. The van der Waals surface area contributed by atoms with Crippen LogP contribution in [0, 0.1) is 5.82 Å². The Bertz CT molecular complexity index is 626. The average molecular weight is 327 g/mol. The third-order valence-electron chi connectivity index (χ3n) is 2.51. The maximum Gasteiger partial charge on any atom is 0.278 e. The van der Waals surface area contributed by atoms with Gasteiger partial charge in [0.25, 0.3) is 5.91 Å². The molecule has 2 rings (SSSR count). The number of aromatic nitrogens is 2. The number of nitrogens with two attached hydrogens (primary N) is 1. The molecule has 1 amide bonds. The monoisotopic (exact) mass is 326 g/mol. The Balaban J connectivity index is 2.20. The Labute approximate surface area is 117 Å². The van der Waals surface area contributed by atoms with Gasteiger partial charge < -0.3 is 11.1 Å². The van der Waals surface area contributed by atoms with Gasteiger partial charge in [-0.1, -0.05) is 0 Å². The molecule has 3 N–H and O–H groups in total. The van der Waals surface area contributed by atoms with Gasteiger partial charge in [-0.2, -0.15) is 5.10 Å². The van der Waals surface area contributed by atoms with Gasteiger partial charge in [0.15, 0.2) is 5.69 Å². The molecule has 0 aliphatic rings. The van der Waals surface area contributed by atoms with Crippen molar-refractivity contribution in [1.29, 1.82) is 0 Å². The normalized spacial score (nSPS) is 10.5. The van der Waals surface area contributed by atoms with Crippen molar-refractivity contribution in [2.45, 2.75) is 13.5 Å². The van der Waals surface area contributed by atoms with Crippen LogP contribution in [0.15, 0.2) is 28.9 Å². The molecule has 0 radical (unpaired) electrons. The molecule has 0 aliphatic carbocycles. The van der Waals surface area contributed by atoms with Crippen molar-refractivity contribution in [3.8, 4) is 0 Å². The predicted molar refractivity (Wildman–Crippen MR) is 74.4 cm³/mol. The SMILES string of the molecule is CCn1cc(N)c(C(=O)Nc2ccc(Br)c(F)c2)n1. The molecule has 7 heteroatoms. The van der Waals surface area contributed by atoms with Gasteiger partial charge in [-0.15, -0.1) is 0 Å². The van der Waals surface area contributed by atoms with Crippen molar-refractivity contribution in [3.05, 3.63) is 40.4 Å². The zero-order valence-corrected chi connectivity index (χ0v) is 11.7. The third-order valence-corrected chi connectivity index (χ3v) is 3.15. The fraction of sp³-hybridized carbons (Fsp3) is 0.167. The van der Waals surface area contributed by atoms with Crippen LogP contribution in [0.2, 0.25) is 0 Å². The second-order valence-electron chi connectivity index (χ2n) is 3.87. The zero-order chi connectivity index (χ0) is 14.0. The topological polar surface area (TPSA) is 72.9 Å². The fourth-order valence-electron chi connectivity index (χ4n) is 1.54. The number of halogens is 2. The molecule has 0 saturated carbocycles. The molecule has 1 heterocycles. The van der Waals surface area contributed by atoms with Crippen molar-refractivity contribution in [3.63, 3.8) is 0 Å². The molecule has 100 valence electrons. The number of carbonyl (C=O) groups excluding carboxylic acids is 1. The Morgan fingerprint density at radius 3 is 2.89 bits per heavy atom. The summed E-state index contributed by atoms with van der Waals surface area (Å²) >= 11 is 3.04. The molecule has 0 fully saturated rings. The summed E-state index contributed by atoms with van der Waals surface area (Å²) in [5.74, 6) is -0.920. The first kappa shape index (κ1) is 13.5. The number of hydrogen-bond donors (Lipinski definition) is 2. The summed E-state index contributed by atoms with van der Waals surface area (Å²) in [5, 5.41) is 6.59.